The Bertz CT molecular complexity index is 516. The van der Waals surface area contributed by atoms with Gasteiger partial charge in [0, 0.05) is 17.9 Å². The number of tetrazole rings is 1. The second-order valence-corrected chi connectivity index (χ2v) is 4.38. The van der Waals surface area contributed by atoms with Gasteiger partial charge in [0.25, 0.3) is 0 Å². The molecule has 3 rings (SSSR count). The summed E-state index contributed by atoms with van der Waals surface area (Å²) >= 11 is 0. The molecule has 1 aliphatic rings. The Balaban J connectivity index is 1.82. The number of ether oxygens (including phenoxy) is 1. The largest absolute Gasteiger partial charge is 0.399 e. The van der Waals surface area contributed by atoms with Gasteiger partial charge in [-0.15, -0.1) is 15.0 Å². The first-order valence-corrected chi connectivity index (χ1v) is 6.10. The zero-order chi connectivity index (χ0) is 12.4. The van der Waals surface area contributed by atoms with Gasteiger partial charge in [0.05, 0.1) is 0 Å². The van der Waals surface area contributed by atoms with Gasteiger partial charge in [-0.05, 0) is 48.7 Å². The number of benzene rings is 1. The first-order valence-electron chi connectivity index (χ1n) is 6.10. The van der Waals surface area contributed by atoms with Crippen LogP contribution in [0.25, 0.3) is 11.4 Å². The molecule has 94 valence electrons. The molecule has 1 unspecified atom stereocenters. The van der Waals surface area contributed by atoms with Gasteiger partial charge in [-0.2, -0.15) is 0 Å². The molecular weight excluding hydrogens is 230 g/mol. The molecular formula is C12H15N5O. The average Bonchev–Trinajstić information content (AvgIpc) is 2.90. The number of nitrogens with zero attached hydrogens (tertiary/aromatic N) is 4. The van der Waals surface area contributed by atoms with Crippen molar-refractivity contribution in [2.45, 2.75) is 25.5 Å². The molecule has 1 aliphatic heterocycles. The Hall–Kier alpha value is -1.95. The monoisotopic (exact) mass is 245 g/mol. The van der Waals surface area contributed by atoms with Crippen LogP contribution in [0, 0.1) is 0 Å². The van der Waals surface area contributed by atoms with Gasteiger partial charge in [0.15, 0.2) is 6.23 Å². The summed E-state index contributed by atoms with van der Waals surface area (Å²) in [6, 6.07) is 7.43. The van der Waals surface area contributed by atoms with Crippen molar-refractivity contribution in [2.24, 2.45) is 0 Å². The van der Waals surface area contributed by atoms with E-state index in [1.54, 1.807) is 4.80 Å². The number of hydrogen-bond donors (Lipinski definition) is 1. The lowest BCUT2D eigenvalue weighted by Crippen LogP contribution is -2.20. The minimum absolute atomic E-state index is 0.0752. The molecule has 18 heavy (non-hydrogen) atoms. The molecule has 0 spiro atoms. The molecule has 1 fully saturated rings. The quantitative estimate of drug-likeness (QED) is 0.813. The number of anilines is 1. The number of nitrogen functional groups attached to an aromatic ring is 1. The summed E-state index contributed by atoms with van der Waals surface area (Å²) < 4.78 is 5.61. The number of rotatable bonds is 2. The third-order valence-corrected chi connectivity index (χ3v) is 3.01. The van der Waals surface area contributed by atoms with Crippen LogP contribution < -0.4 is 5.73 Å². The smallest absolute Gasteiger partial charge is 0.205 e. The SMILES string of the molecule is Nc1ccc(-c2nnn(C3CCCCO3)n2)cc1. The van der Waals surface area contributed by atoms with Gasteiger partial charge in [-0.1, -0.05) is 0 Å². The Labute approximate surface area is 105 Å². The van der Waals surface area contributed by atoms with Crippen molar-refractivity contribution in [3.63, 3.8) is 0 Å². The fourth-order valence-corrected chi connectivity index (χ4v) is 2.00. The van der Waals surface area contributed by atoms with Crippen molar-refractivity contribution in [3.8, 4) is 11.4 Å². The lowest BCUT2D eigenvalue weighted by atomic mass is 10.2. The van der Waals surface area contributed by atoms with Gasteiger partial charge >= 0.3 is 0 Å². The third-order valence-electron chi connectivity index (χ3n) is 3.01. The highest BCUT2D eigenvalue weighted by Gasteiger charge is 2.18. The number of nitrogens with two attached hydrogens (primary N) is 1. The van der Waals surface area contributed by atoms with Crippen LogP contribution in [0.1, 0.15) is 25.5 Å². The van der Waals surface area contributed by atoms with Crippen LogP contribution in [0.3, 0.4) is 0 Å². The van der Waals surface area contributed by atoms with Gasteiger partial charge in [0.1, 0.15) is 0 Å². The second-order valence-electron chi connectivity index (χ2n) is 4.38. The molecule has 2 heterocycles. The molecule has 0 amide bonds. The Morgan fingerprint density at radius 3 is 2.78 bits per heavy atom. The van der Waals surface area contributed by atoms with Crippen molar-refractivity contribution in [1.82, 2.24) is 20.2 Å². The zero-order valence-corrected chi connectivity index (χ0v) is 9.99. The lowest BCUT2D eigenvalue weighted by molar-refractivity contribution is -0.0488. The van der Waals surface area contributed by atoms with Gasteiger partial charge in [-0.25, -0.2) is 0 Å². The van der Waals surface area contributed by atoms with E-state index in [1.807, 2.05) is 24.3 Å². The summed E-state index contributed by atoms with van der Waals surface area (Å²) in [6.07, 6.45) is 3.12. The molecule has 2 N–H and O–H groups in total. The minimum atomic E-state index is -0.0752. The first-order chi connectivity index (χ1) is 8.83. The van der Waals surface area contributed by atoms with E-state index in [2.05, 4.69) is 15.4 Å². The maximum Gasteiger partial charge on any atom is 0.205 e. The highest BCUT2D eigenvalue weighted by atomic mass is 16.5. The van der Waals surface area contributed by atoms with E-state index in [4.69, 9.17) is 10.5 Å². The summed E-state index contributed by atoms with van der Waals surface area (Å²) in [7, 11) is 0. The third kappa shape index (κ3) is 2.19. The molecule has 0 saturated carbocycles. The second kappa shape index (κ2) is 4.73. The Morgan fingerprint density at radius 2 is 2.06 bits per heavy atom. The van der Waals surface area contributed by atoms with Gasteiger partial charge in [0.2, 0.25) is 5.82 Å². The van der Waals surface area contributed by atoms with Crippen molar-refractivity contribution in [2.75, 3.05) is 12.3 Å². The van der Waals surface area contributed by atoms with Crippen LogP contribution in [-0.2, 0) is 4.74 Å². The van der Waals surface area contributed by atoms with Crippen LogP contribution in [0.2, 0.25) is 0 Å². The number of aromatic nitrogens is 4. The van der Waals surface area contributed by atoms with Crippen molar-refractivity contribution in [3.05, 3.63) is 24.3 Å². The highest BCUT2D eigenvalue weighted by Crippen LogP contribution is 2.22. The minimum Gasteiger partial charge on any atom is -0.399 e. The standard InChI is InChI=1S/C12H15N5O/c13-10-6-4-9(5-7-10)12-14-16-17(15-12)11-3-1-2-8-18-11/h4-7,11H,1-3,8,13H2. The topological polar surface area (TPSA) is 78.8 Å². The lowest BCUT2D eigenvalue weighted by Gasteiger charge is -2.20. The maximum absolute atomic E-state index is 5.65. The van der Waals surface area contributed by atoms with Gasteiger partial charge in [-0.3, -0.25) is 0 Å². The van der Waals surface area contributed by atoms with Crippen molar-refractivity contribution >= 4 is 5.69 Å². The van der Waals surface area contributed by atoms with Crippen LogP contribution in [0.5, 0.6) is 0 Å². The number of hydrogen-bond acceptors (Lipinski definition) is 5. The molecule has 6 nitrogen and oxygen atoms in total. The molecule has 1 atom stereocenters. The normalized spacial score (nSPS) is 19.9. The molecule has 0 radical (unpaired) electrons. The predicted molar refractivity (Wildman–Crippen MR) is 66.5 cm³/mol. The van der Waals surface area contributed by atoms with Crippen LogP contribution in [0.4, 0.5) is 5.69 Å². The van der Waals surface area contributed by atoms with E-state index in [9.17, 15) is 0 Å². The van der Waals surface area contributed by atoms with Crippen LogP contribution >= 0.6 is 0 Å². The molecule has 6 heteroatoms. The summed E-state index contributed by atoms with van der Waals surface area (Å²) in [5.41, 5.74) is 7.28. The summed E-state index contributed by atoms with van der Waals surface area (Å²) in [5.74, 6) is 0.601. The Kier molecular flexibility index (Phi) is 2.93. The summed E-state index contributed by atoms with van der Waals surface area (Å²) in [6.45, 7) is 0.767. The molecule has 0 bridgehead atoms. The molecule has 1 aromatic carbocycles. The van der Waals surface area contributed by atoms with E-state index >= 15 is 0 Å². The Morgan fingerprint density at radius 1 is 1.22 bits per heavy atom. The van der Waals surface area contributed by atoms with Crippen LogP contribution in [-0.4, -0.2) is 26.8 Å². The molecule has 2 aromatic rings. The van der Waals surface area contributed by atoms with E-state index in [-0.39, 0.29) is 6.23 Å². The predicted octanol–water partition coefficient (Wildman–Crippen LogP) is 1.62. The summed E-state index contributed by atoms with van der Waals surface area (Å²) in [5, 5.41) is 12.5. The molecule has 0 aliphatic carbocycles. The van der Waals surface area contributed by atoms with E-state index < -0.39 is 0 Å². The maximum atomic E-state index is 5.65. The van der Waals surface area contributed by atoms with Crippen LogP contribution in [0.15, 0.2) is 24.3 Å². The van der Waals surface area contributed by atoms with Crippen molar-refractivity contribution in [1.29, 1.82) is 0 Å². The summed E-state index contributed by atoms with van der Waals surface area (Å²) in [4.78, 5) is 1.56. The van der Waals surface area contributed by atoms with E-state index in [0.29, 0.717) is 5.82 Å². The average molecular weight is 245 g/mol. The van der Waals surface area contributed by atoms with E-state index in [1.165, 1.54) is 0 Å². The zero-order valence-electron chi connectivity index (χ0n) is 9.99. The van der Waals surface area contributed by atoms with Gasteiger partial charge < -0.3 is 10.5 Å². The first kappa shape index (κ1) is 11.2. The fourth-order valence-electron chi connectivity index (χ4n) is 2.00. The van der Waals surface area contributed by atoms with E-state index in [0.717, 1.165) is 37.1 Å². The van der Waals surface area contributed by atoms with Crippen molar-refractivity contribution < 1.29 is 4.74 Å². The fraction of sp³-hybridized carbons (Fsp3) is 0.417. The highest BCUT2D eigenvalue weighted by molar-refractivity contribution is 5.57. The molecule has 1 aromatic heterocycles. The molecule has 1 saturated heterocycles.